The number of anilines is 1. The maximum Gasteiger partial charge on any atom is 0.401 e. The number of amides is 1. The highest BCUT2D eigenvalue weighted by Crippen LogP contribution is 2.19. The summed E-state index contributed by atoms with van der Waals surface area (Å²) in [6.07, 6.45) is 0. The molecule has 1 aromatic carbocycles. The van der Waals surface area contributed by atoms with E-state index in [2.05, 4.69) is 9.50 Å². The summed E-state index contributed by atoms with van der Waals surface area (Å²) < 4.78 is 25.6. The lowest BCUT2D eigenvalue weighted by atomic mass is 10.3. The number of hydrogen-bond acceptors (Lipinski definition) is 4. The van der Waals surface area contributed by atoms with E-state index in [1.165, 1.54) is 25.1 Å². The molecule has 1 amide bonds. The summed E-state index contributed by atoms with van der Waals surface area (Å²) >= 11 is 0. The van der Waals surface area contributed by atoms with E-state index in [0.29, 0.717) is 5.69 Å². The molecule has 0 bridgehead atoms. The molecule has 1 aromatic rings. The quantitative estimate of drug-likeness (QED) is 0.824. The van der Waals surface area contributed by atoms with Gasteiger partial charge in [0.05, 0.1) is 10.7 Å². The standard InChI is InChI=1S/C8H8ClNO4S/c1-6(11)10-7-3-2-4-8(5-7)14-15(9,12)13/h2-5H,1H3,(H,10,11). The van der Waals surface area contributed by atoms with E-state index in [-0.39, 0.29) is 11.7 Å². The van der Waals surface area contributed by atoms with E-state index in [4.69, 9.17) is 10.7 Å². The molecule has 0 atom stereocenters. The highest BCUT2D eigenvalue weighted by atomic mass is 35.7. The van der Waals surface area contributed by atoms with Gasteiger partial charge in [-0.25, -0.2) is 0 Å². The van der Waals surface area contributed by atoms with E-state index >= 15 is 0 Å². The Hall–Kier alpha value is -1.27. The Labute approximate surface area is 91.6 Å². The van der Waals surface area contributed by atoms with Gasteiger partial charge < -0.3 is 9.50 Å². The fourth-order valence-corrected chi connectivity index (χ4v) is 1.50. The molecule has 0 aliphatic carbocycles. The number of carbonyl (C=O) groups excluding carboxylic acids is 1. The summed E-state index contributed by atoms with van der Waals surface area (Å²) in [5.41, 5.74) is 0.431. The largest absolute Gasteiger partial charge is 0.401 e. The SMILES string of the molecule is CC(=O)Nc1cccc(OS(=O)(=O)Cl)c1. The van der Waals surface area contributed by atoms with Crippen molar-refractivity contribution in [3.63, 3.8) is 0 Å². The van der Waals surface area contributed by atoms with Crippen LogP contribution in [-0.4, -0.2) is 14.3 Å². The van der Waals surface area contributed by atoms with Crippen LogP contribution < -0.4 is 9.50 Å². The van der Waals surface area contributed by atoms with Crippen LogP contribution in [0.1, 0.15) is 6.92 Å². The molecule has 7 heteroatoms. The molecule has 1 N–H and O–H groups in total. The predicted octanol–water partition coefficient (Wildman–Crippen LogP) is 1.51. The molecule has 0 aliphatic rings. The van der Waals surface area contributed by atoms with E-state index < -0.39 is 9.33 Å². The zero-order valence-electron chi connectivity index (χ0n) is 7.73. The van der Waals surface area contributed by atoms with E-state index in [1.807, 2.05) is 0 Å². The fraction of sp³-hybridized carbons (Fsp3) is 0.125. The lowest BCUT2D eigenvalue weighted by molar-refractivity contribution is -0.114. The van der Waals surface area contributed by atoms with Crippen molar-refractivity contribution in [3.05, 3.63) is 24.3 Å². The molecular weight excluding hydrogens is 242 g/mol. The highest BCUT2D eigenvalue weighted by molar-refractivity contribution is 8.10. The second-order valence-electron chi connectivity index (χ2n) is 2.69. The molecule has 0 saturated heterocycles. The van der Waals surface area contributed by atoms with Gasteiger partial charge in [-0.1, -0.05) is 6.07 Å². The minimum absolute atomic E-state index is 0.0382. The number of benzene rings is 1. The first kappa shape index (κ1) is 11.8. The number of carbonyl (C=O) groups is 1. The molecular formula is C8H8ClNO4S. The Bertz CT molecular complexity index is 471. The first-order valence-electron chi connectivity index (χ1n) is 3.88. The molecule has 1 rings (SSSR count). The second kappa shape index (κ2) is 4.50. The first-order valence-corrected chi connectivity index (χ1v) is 6.12. The van der Waals surface area contributed by atoms with Crippen LogP contribution in [-0.2, 0) is 14.1 Å². The molecule has 0 aliphatic heterocycles. The third-order valence-corrected chi connectivity index (χ3v) is 1.93. The van der Waals surface area contributed by atoms with Crippen LogP contribution in [0.4, 0.5) is 5.69 Å². The van der Waals surface area contributed by atoms with Crippen molar-refractivity contribution < 1.29 is 17.4 Å². The van der Waals surface area contributed by atoms with Gasteiger partial charge in [0.1, 0.15) is 5.75 Å². The monoisotopic (exact) mass is 249 g/mol. The Balaban J connectivity index is 2.88. The summed E-state index contributed by atoms with van der Waals surface area (Å²) in [6, 6.07) is 5.88. The van der Waals surface area contributed by atoms with E-state index in [0.717, 1.165) is 0 Å². The predicted molar refractivity (Wildman–Crippen MR) is 56.1 cm³/mol. The van der Waals surface area contributed by atoms with Gasteiger partial charge in [-0.15, -0.1) is 0 Å². The maximum absolute atomic E-state index is 10.7. The summed E-state index contributed by atoms with van der Waals surface area (Å²) in [4.78, 5) is 10.7. The zero-order chi connectivity index (χ0) is 11.5. The molecule has 15 heavy (non-hydrogen) atoms. The zero-order valence-corrected chi connectivity index (χ0v) is 9.30. The molecule has 5 nitrogen and oxygen atoms in total. The van der Waals surface area contributed by atoms with Crippen molar-refractivity contribution >= 4 is 31.6 Å². The van der Waals surface area contributed by atoms with Crippen LogP contribution in [0.5, 0.6) is 5.75 Å². The third-order valence-electron chi connectivity index (χ3n) is 1.35. The van der Waals surface area contributed by atoms with Gasteiger partial charge in [0.2, 0.25) is 5.91 Å². The minimum atomic E-state index is -4.06. The molecule has 0 fully saturated rings. The topological polar surface area (TPSA) is 72.5 Å². The Morgan fingerprint density at radius 2 is 2.13 bits per heavy atom. The highest BCUT2D eigenvalue weighted by Gasteiger charge is 2.07. The van der Waals surface area contributed by atoms with Crippen molar-refractivity contribution in [2.45, 2.75) is 6.92 Å². The Morgan fingerprint density at radius 3 is 2.67 bits per heavy atom. The number of hydrogen-bond donors (Lipinski definition) is 1. The van der Waals surface area contributed by atoms with Gasteiger partial charge in [0.15, 0.2) is 0 Å². The average Bonchev–Trinajstić information content (AvgIpc) is 1.99. The van der Waals surface area contributed by atoms with Crippen molar-refractivity contribution in [1.29, 1.82) is 0 Å². The third kappa shape index (κ3) is 4.66. The molecule has 0 heterocycles. The van der Waals surface area contributed by atoms with Gasteiger partial charge in [-0.2, -0.15) is 8.42 Å². The minimum Gasteiger partial charge on any atom is -0.371 e. The van der Waals surface area contributed by atoms with Crippen molar-refractivity contribution in [2.75, 3.05) is 5.32 Å². The van der Waals surface area contributed by atoms with Crippen LogP contribution in [0, 0.1) is 0 Å². The molecule has 0 spiro atoms. The molecule has 0 aromatic heterocycles. The van der Waals surface area contributed by atoms with Crippen molar-refractivity contribution in [1.82, 2.24) is 0 Å². The average molecular weight is 250 g/mol. The summed E-state index contributed by atoms with van der Waals surface area (Å²) in [7, 11) is 0.826. The fourth-order valence-electron chi connectivity index (χ4n) is 0.944. The van der Waals surface area contributed by atoms with Gasteiger partial charge in [0.25, 0.3) is 0 Å². The van der Waals surface area contributed by atoms with E-state index in [9.17, 15) is 13.2 Å². The van der Waals surface area contributed by atoms with Crippen LogP contribution in [0.2, 0.25) is 0 Å². The summed E-state index contributed by atoms with van der Waals surface area (Å²) in [5.74, 6) is -0.225. The van der Waals surface area contributed by atoms with Crippen LogP contribution in [0.25, 0.3) is 0 Å². The molecule has 0 radical (unpaired) electrons. The number of nitrogens with one attached hydrogen (secondary N) is 1. The number of halogens is 1. The lowest BCUT2D eigenvalue weighted by Gasteiger charge is -2.04. The Kier molecular flexibility index (Phi) is 3.54. The molecule has 82 valence electrons. The summed E-state index contributed by atoms with van der Waals surface area (Å²) in [5, 5.41) is 2.47. The Morgan fingerprint density at radius 1 is 1.47 bits per heavy atom. The van der Waals surface area contributed by atoms with E-state index in [1.54, 1.807) is 6.07 Å². The first-order chi connectivity index (χ1) is 6.87. The van der Waals surface area contributed by atoms with Gasteiger partial charge in [-0.05, 0) is 12.1 Å². The normalized spacial score (nSPS) is 10.8. The van der Waals surface area contributed by atoms with Crippen LogP contribution in [0.15, 0.2) is 24.3 Å². The van der Waals surface area contributed by atoms with Gasteiger partial charge in [-0.3, -0.25) is 4.79 Å². The molecule has 0 unspecified atom stereocenters. The second-order valence-corrected chi connectivity index (χ2v) is 4.77. The number of rotatable bonds is 3. The van der Waals surface area contributed by atoms with Crippen LogP contribution in [0.3, 0.4) is 0 Å². The van der Waals surface area contributed by atoms with Gasteiger partial charge in [0, 0.05) is 18.7 Å². The van der Waals surface area contributed by atoms with Gasteiger partial charge >= 0.3 is 9.33 Å². The van der Waals surface area contributed by atoms with Crippen LogP contribution >= 0.6 is 10.7 Å². The molecule has 0 saturated carbocycles. The smallest absolute Gasteiger partial charge is 0.371 e. The summed E-state index contributed by atoms with van der Waals surface area (Å²) in [6.45, 7) is 1.34. The lowest BCUT2D eigenvalue weighted by Crippen LogP contribution is -2.06. The van der Waals surface area contributed by atoms with Crippen molar-refractivity contribution in [2.24, 2.45) is 0 Å². The van der Waals surface area contributed by atoms with Crippen molar-refractivity contribution in [3.8, 4) is 5.75 Å². The maximum atomic E-state index is 10.7.